The number of carbonyl (C=O) groups is 2. The second kappa shape index (κ2) is 7.23. The third-order valence-electron chi connectivity index (χ3n) is 4.43. The first-order chi connectivity index (χ1) is 12.4. The van der Waals surface area contributed by atoms with E-state index in [1.807, 2.05) is 18.2 Å². The summed E-state index contributed by atoms with van der Waals surface area (Å²) >= 11 is 0. The van der Waals surface area contributed by atoms with E-state index in [1.54, 1.807) is 4.90 Å². The van der Waals surface area contributed by atoms with Crippen LogP contribution in [0.3, 0.4) is 0 Å². The predicted molar refractivity (Wildman–Crippen MR) is 98.5 cm³/mol. The lowest BCUT2D eigenvalue weighted by molar-refractivity contribution is -0.119. The van der Waals surface area contributed by atoms with Gasteiger partial charge >= 0.3 is 6.09 Å². The third-order valence-corrected chi connectivity index (χ3v) is 4.43. The van der Waals surface area contributed by atoms with E-state index < -0.39 is 6.09 Å². The Morgan fingerprint density at radius 2 is 2.23 bits per heavy atom. The van der Waals surface area contributed by atoms with Crippen LogP contribution < -0.4 is 15.1 Å². The molecular formula is C18H24N4O4. The number of oxime groups is 1. The molecule has 8 heteroatoms. The van der Waals surface area contributed by atoms with Crippen molar-refractivity contribution in [3.63, 3.8) is 0 Å². The van der Waals surface area contributed by atoms with Gasteiger partial charge in [0.2, 0.25) is 5.91 Å². The van der Waals surface area contributed by atoms with Gasteiger partial charge in [-0.1, -0.05) is 5.16 Å². The number of ether oxygens (including phenoxy) is 1. The minimum Gasteiger partial charge on any atom is -0.442 e. The first-order valence-corrected chi connectivity index (χ1v) is 8.65. The van der Waals surface area contributed by atoms with Gasteiger partial charge in [-0.15, -0.1) is 0 Å². The van der Waals surface area contributed by atoms with Gasteiger partial charge in [-0.05, 0) is 37.6 Å². The smallest absolute Gasteiger partial charge is 0.414 e. The van der Waals surface area contributed by atoms with Crippen LogP contribution in [-0.4, -0.2) is 50.2 Å². The van der Waals surface area contributed by atoms with Gasteiger partial charge < -0.3 is 19.8 Å². The van der Waals surface area contributed by atoms with Crippen LogP contribution in [0, 0.1) is 0 Å². The summed E-state index contributed by atoms with van der Waals surface area (Å²) in [7, 11) is 1.54. The topological polar surface area (TPSA) is 83.5 Å². The van der Waals surface area contributed by atoms with Gasteiger partial charge in [0.25, 0.3) is 0 Å². The first-order valence-electron chi connectivity index (χ1n) is 8.65. The highest BCUT2D eigenvalue weighted by molar-refractivity contribution is 6.06. The van der Waals surface area contributed by atoms with Crippen molar-refractivity contribution >= 4 is 29.2 Å². The van der Waals surface area contributed by atoms with Crippen LogP contribution in [0.2, 0.25) is 0 Å². The summed E-state index contributed by atoms with van der Waals surface area (Å²) in [5, 5.41) is 6.81. The maximum atomic E-state index is 12.2. The van der Waals surface area contributed by atoms with Crippen molar-refractivity contribution in [2.24, 2.45) is 5.16 Å². The summed E-state index contributed by atoms with van der Waals surface area (Å²) < 4.78 is 5.34. The average Bonchev–Trinajstić information content (AvgIpc) is 3.12. The summed E-state index contributed by atoms with van der Waals surface area (Å²) in [4.78, 5) is 31.9. The number of amidine groups is 1. The van der Waals surface area contributed by atoms with E-state index in [9.17, 15) is 9.59 Å². The number of hydrogen-bond donors (Lipinski definition) is 1. The van der Waals surface area contributed by atoms with Crippen molar-refractivity contribution < 1.29 is 19.2 Å². The van der Waals surface area contributed by atoms with Gasteiger partial charge in [-0.3, -0.25) is 9.69 Å². The highest BCUT2D eigenvalue weighted by atomic mass is 16.6. The largest absolute Gasteiger partial charge is 0.442 e. The number of nitrogens with zero attached hydrogens (tertiary/aromatic N) is 3. The molecule has 0 aliphatic carbocycles. The number of nitrogens with one attached hydrogen (secondary N) is 1. The molecule has 2 aliphatic rings. The summed E-state index contributed by atoms with van der Waals surface area (Å²) in [5.74, 6) is 0.706. The second-order valence-corrected chi connectivity index (χ2v) is 6.70. The Hall–Kier alpha value is -2.77. The minimum atomic E-state index is -0.398. The number of anilines is 2. The fraction of sp³-hybridized carbons (Fsp3) is 0.500. The van der Waals surface area contributed by atoms with Crippen LogP contribution in [-0.2, 0) is 20.8 Å². The molecule has 1 N–H and O–H groups in total. The minimum absolute atomic E-state index is 0.143. The normalized spacial score (nSPS) is 20.6. The number of carbonyl (C=O) groups excluding carboxylic acids is 2. The van der Waals surface area contributed by atoms with Crippen molar-refractivity contribution in [2.75, 3.05) is 30.0 Å². The molecule has 1 aromatic carbocycles. The van der Waals surface area contributed by atoms with Gasteiger partial charge in [-0.25, -0.2) is 4.79 Å². The van der Waals surface area contributed by atoms with E-state index in [0.717, 1.165) is 22.8 Å². The molecule has 2 heterocycles. The Balaban J connectivity index is 1.80. The molecule has 1 saturated heterocycles. The second-order valence-electron chi connectivity index (χ2n) is 6.70. The fourth-order valence-corrected chi connectivity index (χ4v) is 3.37. The molecule has 1 aromatic rings. The molecule has 0 bridgehead atoms. The molecule has 2 aliphatic heterocycles. The molecule has 8 nitrogen and oxygen atoms in total. The van der Waals surface area contributed by atoms with Crippen LogP contribution in [0.5, 0.6) is 0 Å². The average molecular weight is 360 g/mol. The zero-order chi connectivity index (χ0) is 18.8. The van der Waals surface area contributed by atoms with Gasteiger partial charge in [0.05, 0.1) is 13.1 Å². The highest BCUT2D eigenvalue weighted by Crippen LogP contribution is 2.35. The van der Waals surface area contributed by atoms with Crippen LogP contribution in [0.15, 0.2) is 23.4 Å². The van der Waals surface area contributed by atoms with Crippen LogP contribution in [0.1, 0.15) is 26.3 Å². The summed E-state index contributed by atoms with van der Waals surface area (Å²) in [5.41, 5.74) is 2.94. The highest BCUT2D eigenvalue weighted by Gasteiger charge is 2.34. The third kappa shape index (κ3) is 3.44. The molecule has 1 unspecified atom stereocenters. The van der Waals surface area contributed by atoms with Crippen LogP contribution in [0.4, 0.5) is 16.2 Å². The number of cyclic esters (lactones) is 1. The molecule has 0 spiro atoms. The summed E-state index contributed by atoms with van der Waals surface area (Å²) in [6, 6.07) is 6.14. The molecule has 26 heavy (non-hydrogen) atoms. The van der Waals surface area contributed by atoms with Gasteiger partial charge in [0.15, 0.2) is 5.84 Å². The van der Waals surface area contributed by atoms with Crippen molar-refractivity contribution in [2.45, 2.75) is 39.3 Å². The Morgan fingerprint density at radius 1 is 1.46 bits per heavy atom. The van der Waals surface area contributed by atoms with Crippen molar-refractivity contribution in [1.82, 2.24) is 5.32 Å². The van der Waals surface area contributed by atoms with Crippen molar-refractivity contribution in [3.8, 4) is 0 Å². The van der Waals surface area contributed by atoms with Gasteiger partial charge in [0, 0.05) is 30.8 Å². The Morgan fingerprint density at radius 3 is 2.88 bits per heavy atom. The molecule has 0 radical (unpaired) electrons. The SMILES string of the molecule is CON=C1Cc2cc(N3CC(CNC(C)=O)OC3=O)ccc2N1C(C)C. The summed E-state index contributed by atoms with van der Waals surface area (Å²) in [6.45, 7) is 6.35. The number of hydrogen-bond acceptors (Lipinski definition) is 5. The van der Waals surface area contributed by atoms with Crippen LogP contribution in [0.25, 0.3) is 0 Å². The maximum Gasteiger partial charge on any atom is 0.414 e. The fourth-order valence-electron chi connectivity index (χ4n) is 3.37. The van der Waals surface area contributed by atoms with E-state index in [-0.39, 0.29) is 18.1 Å². The number of benzene rings is 1. The summed E-state index contributed by atoms with van der Waals surface area (Å²) in [6.07, 6.45) is -0.102. The number of amides is 2. The zero-order valence-corrected chi connectivity index (χ0v) is 15.5. The van der Waals surface area contributed by atoms with Gasteiger partial charge in [-0.2, -0.15) is 0 Å². The van der Waals surface area contributed by atoms with E-state index in [4.69, 9.17) is 9.57 Å². The van der Waals surface area contributed by atoms with Crippen molar-refractivity contribution in [3.05, 3.63) is 23.8 Å². The lowest BCUT2D eigenvalue weighted by Crippen LogP contribution is -2.34. The maximum absolute atomic E-state index is 12.2. The quantitative estimate of drug-likeness (QED) is 0.811. The van der Waals surface area contributed by atoms with Crippen molar-refractivity contribution in [1.29, 1.82) is 0 Å². The molecule has 2 amide bonds. The first kappa shape index (κ1) is 18.0. The Bertz CT molecular complexity index is 747. The lowest BCUT2D eigenvalue weighted by Gasteiger charge is -2.24. The molecule has 1 fully saturated rings. The molecular weight excluding hydrogens is 336 g/mol. The molecule has 0 saturated carbocycles. The number of fused-ring (bicyclic) bond motifs is 1. The molecule has 0 aromatic heterocycles. The van der Waals surface area contributed by atoms with E-state index in [2.05, 4.69) is 29.2 Å². The molecule has 1 atom stereocenters. The lowest BCUT2D eigenvalue weighted by atomic mass is 10.1. The Labute approximate surface area is 152 Å². The number of rotatable bonds is 5. The van der Waals surface area contributed by atoms with E-state index >= 15 is 0 Å². The standard InChI is InChI=1S/C18H24N4O4/c1-11(2)22-16-6-5-14(7-13(16)8-17(22)20-25-4)21-10-15(26-18(21)24)9-19-12(3)23/h5-7,11,15H,8-10H2,1-4H3,(H,19,23). The molecule has 140 valence electrons. The monoisotopic (exact) mass is 360 g/mol. The predicted octanol–water partition coefficient (Wildman–Crippen LogP) is 1.88. The molecule has 3 rings (SSSR count). The van der Waals surface area contributed by atoms with E-state index in [1.165, 1.54) is 14.0 Å². The van der Waals surface area contributed by atoms with Crippen LogP contribution >= 0.6 is 0 Å². The van der Waals surface area contributed by atoms with Gasteiger partial charge in [0.1, 0.15) is 13.2 Å². The zero-order valence-electron chi connectivity index (χ0n) is 15.5. The van der Waals surface area contributed by atoms with E-state index in [0.29, 0.717) is 19.5 Å². The Kier molecular flexibility index (Phi) is 5.01.